The van der Waals surface area contributed by atoms with Gasteiger partial charge in [-0.3, -0.25) is 4.79 Å². The normalized spacial score (nSPS) is 18.5. The van der Waals surface area contributed by atoms with Crippen LogP contribution < -0.4 is 14.9 Å². The summed E-state index contributed by atoms with van der Waals surface area (Å²) in [4.78, 5) is 14.8. The summed E-state index contributed by atoms with van der Waals surface area (Å²) in [7, 11) is -3.84. The highest BCUT2D eigenvalue weighted by Crippen LogP contribution is 2.27. The molecule has 1 amide bonds. The van der Waals surface area contributed by atoms with Gasteiger partial charge in [0.2, 0.25) is 15.9 Å². The van der Waals surface area contributed by atoms with Gasteiger partial charge in [-0.05, 0) is 77.7 Å². The molecule has 0 bridgehead atoms. The third-order valence-electron chi connectivity index (χ3n) is 5.98. The van der Waals surface area contributed by atoms with Gasteiger partial charge in [0.15, 0.2) is 0 Å². The highest BCUT2D eigenvalue weighted by Gasteiger charge is 2.36. The van der Waals surface area contributed by atoms with Crippen LogP contribution in [0.25, 0.3) is 10.8 Å². The molecule has 3 aromatic carbocycles. The molecule has 3 aromatic rings. The number of halogens is 2. The highest BCUT2D eigenvalue weighted by atomic mass is 35.5. The topological polar surface area (TPSA) is 78.5 Å². The van der Waals surface area contributed by atoms with E-state index in [2.05, 4.69) is 16.1 Å². The van der Waals surface area contributed by atoms with Crippen LogP contribution in [0, 0.1) is 0 Å². The van der Waals surface area contributed by atoms with Crippen molar-refractivity contribution in [3.05, 3.63) is 70.7 Å². The zero-order valence-electron chi connectivity index (χ0n) is 17.2. The molecular weight excluding hydrogens is 469 g/mol. The molecule has 5 rings (SSSR count). The Labute approximate surface area is 198 Å². The number of nitrogens with one attached hydrogen (secondary N) is 2. The monoisotopic (exact) mass is 491 g/mol. The molecular formula is C23H23Cl2N3O3S. The van der Waals surface area contributed by atoms with Crippen LogP contribution in [0.5, 0.6) is 0 Å². The number of fused-ring (bicyclic) bond motifs is 2. The van der Waals surface area contributed by atoms with Crippen LogP contribution in [0.4, 0.5) is 5.69 Å². The molecule has 0 spiro atoms. The Morgan fingerprint density at radius 2 is 1.78 bits per heavy atom. The van der Waals surface area contributed by atoms with Crippen molar-refractivity contribution in [1.82, 2.24) is 10.0 Å². The van der Waals surface area contributed by atoms with E-state index >= 15 is 0 Å². The van der Waals surface area contributed by atoms with Crippen molar-refractivity contribution in [2.75, 3.05) is 18.0 Å². The van der Waals surface area contributed by atoms with Crippen LogP contribution in [0.3, 0.4) is 0 Å². The Bertz CT molecular complexity index is 1300. The molecule has 2 N–H and O–H groups in total. The first-order valence-corrected chi connectivity index (χ1v) is 12.1. The molecule has 0 unspecified atom stereocenters. The fourth-order valence-electron chi connectivity index (χ4n) is 4.29. The summed E-state index contributed by atoms with van der Waals surface area (Å²) in [5.74, 6) is -0.218. The fourth-order valence-corrected chi connectivity index (χ4v) is 5.73. The van der Waals surface area contributed by atoms with Gasteiger partial charge in [0.05, 0.1) is 4.90 Å². The number of anilines is 1. The van der Waals surface area contributed by atoms with Crippen molar-refractivity contribution in [3.63, 3.8) is 0 Å². The maximum Gasteiger partial charge on any atom is 0.245 e. The summed E-state index contributed by atoms with van der Waals surface area (Å²) in [5, 5.41) is 5.56. The van der Waals surface area contributed by atoms with E-state index in [-0.39, 0.29) is 23.2 Å². The van der Waals surface area contributed by atoms with E-state index in [0.29, 0.717) is 18.0 Å². The minimum atomic E-state index is -3.84. The van der Waals surface area contributed by atoms with Crippen LogP contribution in [0.15, 0.2) is 59.5 Å². The molecule has 6 nitrogen and oxygen atoms in total. The fraction of sp³-hybridized carbons (Fsp3) is 0.261. The first kappa shape index (κ1) is 23.0. The molecule has 168 valence electrons. The Morgan fingerprint density at radius 1 is 1.00 bits per heavy atom. The van der Waals surface area contributed by atoms with Gasteiger partial charge >= 0.3 is 0 Å². The van der Waals surface area contributed by atoms with E-state index in [1.165, 1.54) is 17.2 Å². The number of rotatable bonds is 4. The van der Waals surface area contributed by atoms with Gasteiger partial charge in [-0.25, -0.2) is 8.42 Å². The first-order valence-electron chi connectivity index (χ1n) is 10.3. The van der Waals surface area contributed by atoms with E-state index < -0.39 is 16.1 Å². The molecule has 1 saturated heterocycles. The van der Waals surface area contributed by atoms with E-state index in [9.17, 15) is 13.2 Å². The van der Waals surface area contributed by atoms with Crippen molar-refractivity contribution in [3.8, 4) is 0 Å². The third-order valence-corrected chi connectivity index (χ3v) is 7.68. The summed E-state index contributed by atoms with van der Waals surface area (Å²) < 4.78 is 28.5. The summed E-state index contributed by atoms with van der Waals surface area (Å²) in [6.45, 7) is 2.24. The molecule has 1 fully saturated rings. The number of hydrogen-bond donors (Lipinski definition) is 2. The predicted molar refractivity (Wildman–Crippen MR) is 129 cm³/mol. The number of carbonyl (C=O) groups excluding carboxylic acids is 1. The zero-order chi connectivity index (χ0) is 21.6. The Morgan fingerprint density at radius 3 is 2.62 bits per heavy atom. The van der Waals surface area contributed by atoms with Crippen molar-refractivity contribution >= 4 is 56.4 Å². The predicted octanol–water partition coefficient (Wildman–Crippen LogP) is 3.64. The van der Waals surface area contributed by atoms with Crippen LogP contribution in [0.1, 0.15) is 17.5 Å². The second-order valence-electron chi connectivity index (χ2n) is 7.99. The molecule has 1 atom stereocenters. The Kier molecular flexibility index (Phi) is 6.47. The van der Waals surface area contributed by atoms with E-state index in [0.717, 1.165) is 36.0 Å². The maximum atomic E-state index is 13.0. The van der Waals surface area contributed by atoms with Gasteiger partial charge in [-0.1, -0.05) is 29.8 Å². The SMILES string of the molecule is Cl.O=C1[C@H](NS(=O)(=O)c2ccc3cc(Cl)ccc3c2)CCN1c1ccc2c(c1)CCNC2. The van der Waals surface area contributed by atoms with Crippen LogP contribution in [-0.2, 0) is 27.8 Å². The highest BCUT2D eigenvalue weighted by molar-refractivity contribution is 7.89. The standard InChI is InChI=1S/C23H22ClN3O3S.ClH/c24-19-4-1-16-13-21(6-3-15(16)11-19)31(29,30)26-22-8-10-27(23(22)28)20-5-2-18-14-25-9-7-17(18)12-20;/h1-6,11-13,22,25-26H,7-10,14H2;1H/t22-;/m1./s1. The zero-order valence-corrected chi connectivity index (χ0v) is 19.6. The van der Waals surface area contributed by atoms with Crippen LogP contribution in [-0.4, -0.2) is 33.5 Å². The first-order chi connectivity index (χ1) is 14.9. The van der Waals surface area contributed by atoms with Gasteiger partial charge in [0, 0.05) is 23.8 Å². The van der Waals surface area contributed by atoms with E-state index in [1.54, 1.807) is 35.2 Å². The van der Waals surface area contributed by atoms with Crippen molar-refractivity contribution in [1.29, 1.82) is 0 Å². The average Bonchev–Trinajstić information content (AvgIpc) is 3.12. The van der Waals surface area contributed by atoms with Gasteiger partial charge in [0.1, 0.15) is 6.04 Å². The molecule has 0 aromatic heterocycles. The number of hydrogen-bond acceptors (Lipinski definition) is 4. The lowest BCUT2D eigenvalue weighted by Crippen LogP contribution is -2.41. The molecule has 2 aliphatic rings. The Hall–Kier alpha value is -2.16. The molecule has 0 saturated carbocycles. The molecule has 2 aliphatic heterocycles. The molecule has 0 aliphatic carbocycles. The van der Waals surface area contributed by atoms with E-state index in [1.807, 2.05) is 12.1 Å². The molecule has 9 heteroatoms. The lowest BCUT2D eigenvalue weighted by Gasteiger charge is -2.22. The lowest BCUT2D eigenvalue weighted by atomic mass is 10.0. The number of amides is 1. The maximum absolute atomic E-state index is 13.0. The lowest BCUT2D eigenvalue weighted by molar-refractivity contribution is -0.118. The third kappa shape index (κ3) is 4.36. The molecule has 32 heavy (non-hydrogen) atoms. The van der Waals surface area contributed by atoms with Crippen molar-refractivity contribution in [2.24, 2.45) is 0 Å². The minimum Gasteiger partial charge on any atom is -0.312 e. The molecule has 2 heterocycles. The van der Waals surface area contributed by atoms with Crippen LogP contribution >= 0.6 is 24.0 Å². The van der Waals surface area contributed by atoms with Gasteiger partial charge < -0.3 is 10.2 Å². The average molecular weight is 492 g/mol. The van der Waals surface area contributed by atoms with Crippen LogP contribution in [0.2, 0.25) is 5.02 Å². The summed E-state index contributed by atoms with van der Waals surface area (Å²) >= 11 is 6.01. The second kappa shape index (κ2) is 9.00. The largest absolute Gasteiger partial charge is 0.312 e. The van der Waals surface area contributed by atoms with E-state index in [4.69, 9.17) is 11.6 Å². The second-order valence-corrected chi connectivity index (χ2v) is 10.1. The summed E-state index contributed by atoms with van der Waals surface area (Å²) in [5.41, 5.74) is 3.32. The smallest absolute Gasteiger partial charge is 0.245 e. The van der Waals surface area contributed by atoms with Gasteiger partial charge in [0.25, 0.3) is 0 Å². The van der Waals surface area contributed by atoms with Gasteiger partial charge in [-0.2, -0.15) is 4.72 Å². The summed E-state index contributed by atoms with van der Waals surface area (Å²) in [6, 6.07) is 15.4. The number of carbonyl (C=O) groups is 1. The minimum absolute atomic E-state index is 0. The van der Waals surface area contributed by atoms with Crippen molar-refractivity contribution < 1.29 is 13.2 Å². The Balaban J connectivity index is 0.00000245. The number of sulfonamides is 1. The van der Waals surface area contributed by atoms with Gasteiger partial charge in [-0.15, -0.1) is 12.4 Å². The molecule has 0 radical (unpaired) electrons. The number of nitrogens with zero attached hydrogens (tertiary/aromatic N) is 1. The van der Waals surface area contributed by atoms with Crippen molar-refractivity contribution in [2.45, 2.75) is 30.3 Å². The quantitative estimate of drug-likeness (QED) is 0.583. The summed E-state index contributed by atoms with van der Waals surface area (Å²) in [6.07, 6.45) is 1.36. The number of benzene rings is 3.